The van der Waals surface area contributed by atoms with Crippen molar-refractivity contribution >= 4 is 5.91 Å². The van der Waals surface area contributed by atoms with E-state index in [1.54, 1.807) is 25.4 Å². The van der Waals surface area contributed by atoms with Crippen LogP contribution in [0.1, 0.15) is 24.7 Å². The van der Waals surface area contributed by atoms with E-state index in [0.717, 1.165) is 5.69 Å². The van der Waals surface area contributed by atoms with Crippen molar-refractivity contribution in [2.75, 3.05) is 0 Å². The van der Waals surface area contributed by atoms with Crippen LogP contribution in [0.25, 0.3) is 5.69 Å². The minimum absolute atomic E-state index is 0.0313. The molecule has 0 saturated carbocycles. The molecule has 1 atom stereocenters. The van der Waals surface area contributed by atoms with Crippen LogP contribution in [-0.4, -0.2) is 25.8 Å². The number of nitrogens with zero attached hydrogens (tertiary/aromatic N) is 3. The van der Waals surface area contributed by atoms with Crippen LogP contribution in [0, 0.1) is 0 Å². The Hall–Kier alpha value is -2.99. The van der Waals surface area contributed by atoms with Gasteiger partial charge < -0.3 is 10.4 Å². The van der Waals surface area contributed by atoms with Gasteiger partial charge in [0.05, 0.1) is 18.6 Å². The highest BCUT2D eigenvalue weighted by molar-refractivity contribution is 5.77. The van der Waals surface area contributed by atoms with Crippen molar-refractivity contribution in [3.63, 3.8) is 0 Å². The van der Waals surface area contributed by atoms with Crippen molar-refractivity contribution in [1.29, 1.82) is 0 Å². The largest absolute Gasteiger partial charge is 0.385 e. The van der Waals surface area contributed by atoms with Crippen LogP contribution in [0.2, 0.25) is 0 Å². The number of aliphatic hydroxyl groups is 1. The summed E-state index contributed by atoms with van der Waals surface area (Å²) < 4.78 is 1.82. The lowest BCUT2D eigenvalue weighted by Crippen LogP contribution is -2.33. The summed E-state index contributed by atoms with van der Waals surface area (Å²) in [5.74, 6) is 0.371. The SMILES string of the molecule is CC(O)(CC(=O)NCc1nncn1-c1ccccc1)c1ccccc1. The van der Waals surface area contributed by atoms with E-state index >= 15 is 0 Å². The zero-order valence-electron chi connectivity index (χ0n) is 14.0. The van der Waals surface area contributed by atoms with Gasteiger partial charge in [-0.1, -0.05) is 48.5 Å². The van der Waals surface area contributed by atoms with Gasteiger partial charge in [0, 0.05) is 5.69 Å². The number of carbonyl (C=O) groups excluding carboxylic acids is 1. The molecule has 0 aliphatic rings. The van der Waals surface area contributed by atoms with E-state index in [1.807, 2.05) is 53.1 Å². The summed E-state index contributed by atoms with van der Waals surface area (Å²) in [6, 6.07) is 18.8. The summed E-state index contributed by atoms with van der Waals surface area (Å²) in [5.41, 5.74) is 0.406. The van der Waals surface area contributed by atoms with Crippen LogP contribution in [0.5, 0.6) is 0 Å². The van der Waals surface area contributed by atoms with Crippen LogP contribution in [-0.2, 0) is 16.9 Å². The van der Waals surface area contributed by atoms with Gasteiger partial charge in [-0.3, -0.25) is 9.36 Å². The third-order valence-corrected chi connectivity index (χ3v) is 4.00. The number of hydrogen-bond acceptors (Lipinski definition) is 4. The maximum Gasteiger partial charge on any atom is 0.223 e. The van der Waals surface area contributed by atoms with Crippen LogP contribution in [0.3, 0.4) is 0 Å². The number of amides is 1. The van der Waals surface area contributed by atoms with Crippen LogP contribution in [0.15, 0.2) is 67.0 Å². The first-order valence-corrected chi connectivity index (χ1v) is 8.05. The minimum atomic E-state index is -1.22. The molecular formula is C19H20N4O2. The summed E-state index contributed by atoms with van der Waals surface area (Å²) in [6.45, 7) is 1.87. The predicted octanol–water partition coefficient (Wildman–Crippen LogP) is 2.18. The zero-order valence-corrected chi connectivity index (χ0v) is 14.0. The molecule has 0 aliphatic heterocycles. The average molecular weight is 336 g/mol. The molecule has 6 heteroatoms. The molecule has 0 fully saturated rings. The number of hydrogen-bond donors (Lipinski definition) is 2. The Kier molecular flexibility index (Phi) is 4.90. The summed E-state index contributed by atoms with van der Waals surface area (Å²) in [7, 11) is 0. The Bertz CT molecular complexity index is 829. The maximum absolute atomic E-state index is 12.2. The lowest BCUT2D eigenvalue weighted by Gasteiger charge is -2.23. The van der Waals surface area contributed by atoms with Gasteiger partial charge in [-0.2, -0.15) is 0 Å². The number of carbonyl (C=O) groups is 1. The molecule has 2 N–H and O–H groups in total. The Balaban J connectivity index is 1.63. The van der Waals surface area contributed by atoms with Gasteiger partial charge in [0.2, 0.25) is 5.91 Å². The van der Waals surface area contributed by atoms with E-state index in [9.17, 15) is 9.90 Å². The highest BCUT2D eigenvalue weighted by atomic mass is 16.3. The normalized spacial score (nSPS) is 13.2. The van der Waals surface area contributed by atoms with E-state index < -0.39 is 5.60 Å². The summed E-state index contributed by atoms with van der Waals surface area (Å²) in [6.07, 6.45) is 1.58. The lowest BCUT2D eigenvalue weighted by atomic mass is 9.92. The maximum atomic E-state index is 12.2. The van der Waals surface area contributed by atoms with E-state index in [2.05, 4.69) is 15.5 Å². The van der Waals surface area contributed by atoms with Crippen molar-refractivity contribution in [1.82, 2.24) is 20.1 Å². The zero-order chi connectivity index (χ0) is 17.7. The second-order valence-corrected chi connectivity index (χ2v) is 6.05. The number of rotatable bonds is 6. The van der Waals surface area contributed by atoms with Gasteiger partial charge in [-0.15, -0.1) is 10.2 Å². The van der Waals surface area contributed by atoms with E-state index in [1.165, 1.54) is 0 Å². The number of para-hydroxylation sites is 1. The molecule has 128 valence electrons. The number of aromatic nitrogens is 3. The highest BCUT2D eigenvalue weighted by Gasteiger charge is 2.26. The highest BCUT2D eigenvalue weighted by Crippen LogP contribution is 2.23. The molecule has 1 aromatic heterocycles. The van der Waals surface area contributed by atoms with Gasteiger partial charge in [-0.25, -0.2) is 0 Å². The van der Waals surface area contributed by atoms with Gasteiger partial charge in [0.15, 0.2) is 5.82 Å². The molecule has 0 spiro atoms. The molecule has 0 bridgehead atoms. The molecule has 2 aromatic carbocycles. The third-order valence-electron chi connectivity index (χ3n) is 4.00. The first kappa shape index (κ1) is 16.9. The Labute approximate surface area is 146 Å². The smallest absolute Gasteiger partial charge is 0.223 e. The van der Waals surface area contributed by atoms with E-state index in [-0.39, 0.29) is 18.9 Å². The van der Waals surface area contributed by atoms with E-state index in [0.29, 0.717) is 11.4 Å². The Morgan fingerprint density at radius 3 is 2.44 bits per heavy atom. The fourth-order valence-electron chi connectivity index (χ4n) is 2.64. The van der Waals surface area contributed by atoms with Gasteiger partial charge >= 0.3 is 0 Å². The Morgan fingerprint density at radius 1 is 1.12 bits per heavy atom. The lowest BCUT2D eigenvalue weighted by molar-refractivity contribution is -0.126. The molecule has 1 unspecified atom stereocenters. The van der Waals surface area contributed by atoms with Gasteiger partial charge in [0.25, 0.3) is 0 Å². The molecule has 3 aromatic rings. The first-order valence-electron chi connectivity index (χ1n) is 8.05. The van der Waals surface area contributed by atoms with E-state index in [4.69, 9.17) is 0 Å². The first-order chi connectivity index (χ1) is 12.1. The molecule has 25 heavy (non-hydrogen) atoms. The average Bonchev–Trinajstić information content (AvgIpc) is 3.10. The summed E-state index contributed by atoms with van der Waals surface area (Å²) in [5, 5.41) is 21.3. The number of benzene rings is 2. The van der Waals surface area contributed by atoms with Crippen molar-refractivity contribution in [2.24, 2.45) is 0 Å². The Morgan fingerprint density at radius 2 is 1.76 bits per heavy atom. The van der Waals surface area contributed by atoms with Crippen molar-refractivity contribution in [3.05, 3.63) is 78.4 Å². The molecule has 0 saturated heterocycles. The molecular weight excluding hydrogens is 316 g/mol. The van der Waals surface area contributed by atoms with Crippen LogP contribution < -0.4 is 5.32 Å². The van der Waals surface area contributed by atoms with Gasteiger partial charge in [0.1, 0.15) is 6.33 Å². The minimum Gasteiger partial charge on any atom is -0.385 e. The topological polar surface area (TPSA) is 80.0 Å². The fraction of sp³-hybridized carbons (Fsp3) is 0.211. The summed E-state index contributed by atoms with van der Waals surface area (Å²) in [4.78, 5) is 12.2. The molecule has 6 nitrogen and oxygen atoms in total. The number of nitrogens with one attached hydrogen (secondary N) is 1. The molecule has 1 heterocycles. The standard InChI is InChI=1S/C19H20N4O2/c1-19(25,15-8-4-2-5-9-15)12-18(24)20-13-17-22-21-14-23(17)16-10-6-3-7-11-16/h2-11,14,25H,12-13H2,1H3,(H,20,24). The van der Waals surface area contributed by atoms with Crippen molar-refractivity contribution < 1.29 is 9.90 Å². The molecule has 0 aliphatic carbocycles. The van der Waals surface area contributed by atoms with Crippen molar-refractivity contribution in [3.8, 4) is 5.69 Å². The third kappa shape index (κ3) is 4.10. The van der Waals surface area contributed by atoms with Crippen LogP contribution >= 0.6 is 0 Å². The van der Waals surface area contributed by atoms with Crippen LogP contribution in [0.4, 0.5) is 0 Å². The second kappa shape index (κ2) is 7.27. The second-order valence-electron chi connectivity index (χ2n) is 6.05. The predicted molar refractivity (Wildman–Crippen MR) is 93.8 cm³/mol. The summed E-state index contributed by atoms with van der Waals surface area (Å²) >= 11 is 0. The molecule has 3 rings (SSSR count). The molecule has 1 amide bonds. The van der Waals surface area contributed by atoms with Crippen molar-refractivity contribution in [2.45, 2.75) is 25.5 Å². The fourth-order valence-corrected chi connectivity index (χ4v) is 2.64. The monoisotopic (exact) mass is 336 g/mol. The quantitative estimate of drug-likeness (QED) is 0.723. The molecule has 0 radical (unpaired) electrons. The van der Waals surface area contributed by atoms with Gasteiger partial charge in [-0.05, 0) is 24.6 Å².